The van der Waals surface area contributed by atoms with Crippen LogP contribution in [0.5, 0.6) is 11.5 Å². The third kappa shape index (κ3) is 3.49. The molecule has 0 aliphatic heterocycles. The number of benzene rings is 1. The molecule has 0 amide bonds. The molecular formula is C16H22O3. The van der Waals surface area contributed by atoms with E-state index in [0.717, 1.165) is 30.8 Å². The van der Waals surface area contributed by atoms with Crippen molar-refractivity contribution in [1.82, 2.24) is 0 Å². The highest BCUT2D eigenvalue weighted by atomic mass is 16.5. The molecule has 3 heteroatoms. The Balaban J connectivity index is 2.21. The second kappa shape index (κ2) is 6.60. The smallest absolute Gasteiger partial charge is 0.161 e. The van der Waals surface area contributed by atoms with Gasteiger partial charge in [0.25, 0.3) is 0 Å². The fourth-order valence-corrected chi connectivity index (χ4v) is 2.63. The maximum Gasteiger partial charge on any atom is 0.161 e. The van der Waals surface area contributed by atoms with Gasteiger partial charge in [-0.15, -0.1) is 0 Å². The average Bonchev–Trinajstić information content (AvgIpc) is 2.41. The minimum atomic E-state index is 0.344. The Labute approximate surface area is 114 Å². The van der Waals surface area contributed by atoms with Crippen molar-refractivity contribution in [3.63, 3.8) is 0 Å². The summed E-state index contributed by atoms with van der Waals surface area (Å²) in [6, 6.07) is 6.07. The van der Waals surface area contributed by atoms with Gasteiger partial charge in [0, 0.05) is 12.8 Å². The van der Waals surface area contributed by atoms with Crippen molar-refractivity contribution in [2.24, 2.45) is 0 Å². The Kier molecular flexibility index (Phi) is 4.83. The molecule has 1 aliphatic carbocycles. The van der Waals surface area contributed by atoms with Gasteiger partial charge < -0.3 is 9.47 Å². The fourth-order valence-electron chi connectivity index (χ4n) is 2.63. The Morgan fingerprint density at radius 1 is 1.16 bits per heavy atom. The van der Waals surface area contributed by atoms with Crippen LogP contribution < -0.4 is 9.47 Å². The van der Waals surface area contributed by atoms with Gasteiger partial charge in [-0.1, -0.05) is 6.07 Å². The summed E-state index contributed by atoms with van der Waals surface area (Å²) in [5.74, 6) is 2.30. The van der Waals surface area contributed by atoms with Gasteiger partial charge in [-0.3, -0.25) is 4.79 Å². The van der Waals surface area contributed by atoms with Gasteiger partial charge in [0.1, 0.15) is 5.78 Å². The lowest BCUT2D eigenvalue weighted by molar-refractivity contribution is -0.120. The number of hydrogen-bond acceptors (Lipinski definition) is 3. The van der Waals surface area contributed by atoms with E-state index < -0.39 is 0 Å². The first-order chi connectivity index (χ1) is 9.24. The second-order valence-corrected chi connectivity index (χ2v) is 4.90. The highest BCUT2D eigenvalue weighted by Crippen LogP contribution is 2.36. The first-order valence-electron chi connectivity index (χ1n) is 7.15. The molecule has 19 heavy (non-hydrogen) atoms. The molecule has 1 atom stereocenters. The largest absolute Gasteiger partial charge is 0.490 e. The molecule has 0 aromatic heterocycles. The van der Waals surface area contributed by atoms with E-state index in [0.29, 0.717) is 31.3 Å². The molecule has 1 aromatic carbocycles. The van der Waals surface area contributed by atoms with Crippen molar-refractivity contribution in [3.8, 4) is 11.5 Å². The van der Waals surface area contributed by atoms with Crippen LogP contribution in [-0.2, 0) is 4.79 Å². The number of ketones is 1. The lowest BCUT2D eigenvalue weighted by atomic mass is 9.83. The van der Waals surface area contributed by atoms with E-state index in [1.165, 1.54) is 5.56 Å². The van der Waals surface area contributed by atoms with Crippen LogP contribution in [0.25, 0.3) is 0 Å². The third-order valence-corrected chi connectivity index (χ3v) is 3.52. The minimum absolute atomic E-state index is 0.344. The van der Waals surface area contributed by atoms with Crippen molar-refractivity contribution in [2.75, 3.05) is 13.2 Å². The molecule has 0 N–H and O–H groups in total. The molecule has 0 radical (unpaired) electrons. The Morgan fingerprint density at radius 3 is 2.58 bits per heavy atom. The lowest BCUT2D eigenvalue weighted by Crippen LogP contribution is -2.13. The van der Waals surface area contributed by atoms with Crippen LogP contribution in [0.1, 0.15) is 51.0 Å². The standard InChI is InChI=1S/C16H22O3/c1-3-18-15-9-8-13(11-16(15)19-4-2)12-6-5-7-14(17)10-12/h8-9,11-12H,3-7,10H2,1-2H3. The monoisotopic (exact) mass is 262 g/mol. The number of hydrogen-bond donors (Lipinski definition) is 0. The highest BCUT2D eigenvalue weighted by molar-refractivity contribution is 5.80. The third-order valence-electron chi connectivity index (χ3n) is 3.52. The van der Waals surface area contributed by atoms with E-state index in [9.17, 15) is 4.79 Å². The highest BCUT2D eigenvalue weighted by Gasteiger charge is 2.22. The molecule has 1 aliphatic rings. The molecule has 3 nitrogen and oxygen atoms in total. The zero-order valence-corrected chi connectivity index (χ0v) is 11.8. The van der Waals surface area contributed by atoms with Crippen molar-refractivity contribution in [2.45, 2.75) is 45.4 Å². The van der Waals surface area contributed by atoms with E-state index in [-0.39, 0.29) is 0 Å². The van der Waals surface area contributed by atoms with Gasteiger partial charge in [-0.2, -0.15) is 0 Å². The van der Waals surface area contributed by atoms with Gasteiger partial charge in [0.2, 0.25) is 0 Å². The predicted molar refractivity (Wildman–Crippen MR) is 75.0 cm³/mol. The van der Waals surface area contributed by atoms with Crippen LogP contribution in [0.2, 0.25) is 0 Å². The number of Topliss-reactive ketones (excluding diaryl/α,β-unsaturated/α-hetero) is 1. The zero-order chi connectivity index (χ0) is 13.7. The first-order valence-corrected chi connectivity index (χ1v) is 7.15. The summed E-state index contributed by atoms with van der Waals surface area (Å²) < 4.78 is 11.2. The number of carbonyl (C=O) groups excluding carboxylic acids is 1. The molecule has 1 fully saturated rings. The van der Waals surface area contributed by atoms with E-state index in [1.807, 2.05) is 26.0 Å². The second-order valence-electron chi connectivity index (χ2n) is 4.90. The normalized spacial score (nSPS) is 19.3. The summed E-state index contributed by atoms with van der Waals surface area (Å²) in [6.45, 7) is 5.17. The van der Waals surface area contributed by atoms with Gasteiger partial charge >= 0.3 is 0 Å². The minimum Gasteiger partial charge on any atom is -0.490 e. The molecule has 1 unspecified atom stereocenters. The van der Waals surface area contributed by atoms with Crippen LogP contribution in [0.15, 0.2) is 18.2 Å². The molecule has 0 spiro atoms. The van der Waals surface area contributed by atoms with E-state index in [2.05, 4.69) is 6.07 Å². The summed E-state index contributed by atoms with van der Waals surface area (Å²) >= 11 is 0. The van der Waals surface area contributed by atoms with E-state index in [1.54, 1.807) is 0 Å². The number of rotatable bonds is 5. The first kappa shape index (κ1) is 13.9. The molecule has 2 rings (SSSR count). The van der Waals surface area contributed by atoms with E-state index in [4.69, 9.17) is 9.47 Å². The summed E-state index contributed by atoms with van der Waals surface area (Å²) in [4.78, 5) is 11.6. The van der Waals surface area contributed by atoms with E-state index >= 15 is 0 Å². The van der Waals surface area contributed by atoms with Gasteiger partial charge in [-0.25, -0.2) is 0 Å². The van der Waals surface area contributed by atoms with Gasteiger partial charge in [0.15, 0.2) is 11.5 Å². The number of carbonyl (C=O) groups is 1. The van der Waals surface area contributed by atoms with Crippen molar-refractivity contribution >= 4 is 5.78 Å². The van der Waals surface area contributed by atoms with Crippen molar-refractivity contribution < 1.29 is 14.3 Å². The topological polar surface area (TPSA) is 35.5 Å². The van der Waals surface area contributed by atoms with Crippen LogP contribution in [0, 0.1) is 0 Å². The summed E-state index contributed by atoms with van der Waals surface area (Å²) in [5, 5.41) is 0. The van der Waals surface area contributed by atoms with Crippen molar-refractivity contribution in [3.05, 3.63) is 23.8 Å². The molecule has 1 aromatic rings. The lowest BCUT2D eigenvalue weighted by Gasteiger charge is -2.22. The maximum atomic E-state index is 11.6. The Bertz CT molecular complexity index is 440. The molecule has 0 bridgehead atoms. The summed E-state index contributed by atoms with van der Waals surface area (Å²) in [6.07, 6.45) is 3.50. The van der Waals surface area contributed by atoms with Crippen LogP contribution in [0.3, 0.4) is 0 Å². The number of ether oxygens (including phenoxy) is 2. The Morgan fingerprint density at radius 2 is 1.89 bits per heavy atom. The average molecular weight is 262 g/mol. The van der Waals surface area contributed by atoms with Crippen LogP contribution in [0.4, 0.5) is 0 Å². The van der Waals surface area contributed by atoms with Crippen molar-refractivity contribution in [1.29, 1.82) is 0 Å². The van der Waals surface area contributed by atoms with Gasteiger partial charge in [0.05, 0.1) is 13.2 Å². The molecule has 0 saturated heterocycles. The molecule has 104 valence electrons. The molecular weight excluding hydrogens is 240 g/mol. The Hall–Kier alpha value is -1.51. The maximum absolute atomic E-state index is 11.6. The molecule has 0 heterocycles. The SMILES string of the molecule is CCOc1ccc(C2CCCC(=O)C2)cc1OCC. The zero-order valence-electron chi connectivity index (χ0n) is 11.8. The summed E-state index contributed by atoms with van der Waals surface area (Å²) in [5.41, 5.74) is 1.19. The quantitative estimate of drug-likeness (QED) is 0.811. The predicted octanol–water partition coefficient (Wildman–Crippen LogP) is 3.71. The van der Waals surface area contributed by atoms with Crippen LogP contribution >= 0.6 is 0 Å². The van der Waals surface area contributed by atoms with Crippen LogP contribution in [-0.4, -0.2) is 19.0 Å². The summed E-state index contributed by atoms with van der Waals surface area (Å²) in [7, 11) is 0. The molecule has 1 saturated carbocycles. The van der Waals surface area contributed by atoms with Gasteiger partial charge in [-0.05, 0) is 50.3 Å². The fraction of sp³-hybridized carbons (Fsp3) is 0.562.